The fourth-order valence-electron chi connectivity index (χ4n) is 4.17. The second-order valence-electron chi connectivity index (χ2n) is 7.85. The normalized spacial score (nSPS) is 18.0. The molecule has 8 nitrogen and oxygen atoms in total. The van der Waals surface area contributed by atoms with Crippen molar-refractivity contribution in [1.29, 1.82) is 0 Å². The van der Waals surface area contributed by atoms with Crippen LogP contribution in [0, 0.1) is 6.92 Å². The Kier molecular flexibility index (Phi) is 5.24. The highest BCUT2D eigenvalue weighted by molar-refractivity contribution is 7.89. The van der Waals surface area contributed by atoms with Gasteiger partial charge in [0, 0.05) is 41.1 Å². The first kappa shape index (κ1) is 21.4. The zero-order valence-corrected chi connectivity index (χ0v) is 19.7. The summed E-state index contributed by atoms with van der Waals surface area (Å²) in [4.78, 5) is 7.11. The van der Waals surface area contributed by atoms with Gasteiger partial charge in [0.1, 0.15) is 5.82 Å². The predicted octanol–water partition coefficient (Wildman–Crippen LogP) is 3.79. The molecule has 0 amide bonds. The highest BCUT2D eigenvalue weighted by atomic mass is 35.5. The molecule has 0 saturated carbocycles. The maximum atomic E-state index is 13.2. The molecule has 0 radical (unpaired) electrons. The molecule has 0 unspecified atom stereocenters. The monoisotopic (exact) mass is 490 g/mol. The molecule has 5 rings (SSSR count). The summed E-state index contributed by atoms with van der Waals surface area (Å²) in [5, 5.41) is 10.4. The number of nitrogens with zero attached hydrogens (tertiary/aromatic N) is 6. The van der Waals surface area contributed by atoms with E-state index in [1.165, 1.54) is 10.4 Å². The van der Waals surface area contributed by atoms with E-state index in [1.54, 1.807) is 30.3 Å². The van der Waals surface area contributed by atoms with Gasteiger partial charge in [-0.15, -0.1) is 10.2 Å². The molecular weight excluding hydrogens is 471 g/mol. The number of anilines is 1. The number of fused-ring (bicyclic) bond motifs is 3. The van der Waals surface area contributed by atoms with Crippen molar-refractivity contribution in [2.45, 2.75) is 24.8 Å². The molecule has 0 aliphatic carbocycles. The number of hydrogen-bond donors (Lipinski definition) is 0. The summed E-state index contributed by atoms with van der Waals surface area (Å²) in [5.74, 6) is 1.38. The van der Waals surface area contributed by atoms with Crippen LogP contribution in [-0.2, 0) is 10.0 Å². The Balaban J connectivity index is 1.52. The highest BCUT2D eigenvalue weighted by Crippen LogP contribution is 2.29. The molecule has 1 aliphatic heterocycles. The van der Waals surface area contributed by atoms with Crippen LogP contribution in [0.4, 0.5) is 5.95 Å². The third-order valence-electron chi connectivity index (χ3n) is 5.70. The third-order valence-corrected chi connectivity index (χ3v) is 8.18. The lowest BCUT2D eigenvalue weighted by Crippen LogP contribution is -2.54. The Morgan fingerprint density at radius 2 is 1.81 bits per heavy atom. The van der Waals surface area contributed by atoms with E-state index < -0.39 is 10.0 Å². The Bertz CT molecular complexity index is 1460. The van der Waals surface area contributed by atoms with Gasteiger partial charge in [0.15, 0.2) is 5.65 Å². The minimum atomic E-state index is -3.67. The van der Waals surface area contributed by atoms with Gasteiger partial charge in [-0.1, -0.05) is 29.3 Å². The minimum absolute atomic E-state index is 0.195. The summed E-state index contributed by atoms with van der Waals surface area (Å²) < 4.78 is 29.9. The van der Waals surface area contributed by atoms with Crippen molar-refractivity contribution >= 4 is 55.7 Å². The third kappa shape index (κ3) is 3.49. The lowest BCUT2D eigenvalue weighted by atomic mass is 10.2. The van der Waals surface area contributed by atoms with E-state index in [-0.39, 0.29) is 10.9 Å². The molecule has 2 aromatic heterocycles. The van der Waals surface area contributed by atoms with Crippen LogP contribution in [0.3, 0.4) is 0 Å². The molecule has 1 aliphatic rings. The van der Waals surface area contributed by atoms with Crippen molar-refractivity contribution in [2.24, 2.45) is 0 Å². The summed E-state index contributed by atoms with van der Waals surface area (Å²) in [6, 6.07) is 11.6. The van der Waals surface area contributed by atoms with Crippen molar-refractivity contribution in [3.63, 3.8) is 0 Å². The Hall–Kier alpha value is -2.46. The number of benzene rings is 2. The van der Waals surface area contributed by atoms with Crippen LogP contribution < -0.4 is 4.90 Å². The van der Waals surface area contributed by atoms with E-state index >= 15 is 0 Å². The van der Waals surface area contributed by atoms with Crippen LogP contribution in [0.2, 0.25) is 10.0 Å². The topological polar surface area (TPSA) is 83.7 Å². The standard InChI is InChI=1S/C21H20Cl2N6O2S/c1-13-12-27(8-9-28(13)32(30,31)17-5-3-4-15(22)10-17)21-24-19-11-16(23)6-7-18(19)20-26-25-14(2)29(20)21/h3-7,10-11,13H,8-9,12H2,1-2H3/t13-/m1/s1. The number of aryl methyl sites for hydroxylation is 1. The van der Waals surface area contributed by atoms with Crippen LogP contribution in [0.5, 0.6) is 0 Å². The van der Waals surface area contributed by atoms with Gasteiger partial charge < -0.3 is 4.90 Å². The summed E-state index contributed by atoms with van der Waals surface area (Å²) in [6.45, 7) is 5.01. The number of halogens is 2. The Morgan fingerprint density at radius 1 is 1.03 bits per heavy atom. The molecule has 0 spiro atoms. The summed E-state index contributed by atoms with van der Waals surface area (Å²) in [6.07, 6.45) is 0. The molecule has 0 N–H and O–H groups in total. The molecule has 3 heterocycles. The molecule has 4 aromatic rings. The van der Waals surface area contributed by atoms with Crippen LogP contribution in [-0.4, -0.2) is 58.0 Å². The largest absolute Gasteiger partial charge is 0.339 e. The molecular formula is C21H20Cl2N6O2S. The molecule has 1 fully saturated rings. The zero-order valence-electron chi connectivity index (χ0n) is 17.4. The van der Waals surface area contributed by atoms with Crippen molar-refractivity contribution < 1.29 is 8.42 Å². The molecule has 11 heteroatoms. The molecule has 166 valence electrons. The minimum Gasteiger partial charge on any atom is -0.339 e. The average molecular weight is 491 g/mol. The lowest BCUT2D eigenvalue weighted by molar-refractivity contribution is 0.304. The molecule has 1 atom stereocenters. The second-order valence-corrected chi connectivity index (χ2v) is 10.6. The van der Waals surface area contributed by atoms with Crippen molar-refractivity contribution in [3.05, 3.63) is 58.3 Å². The highest BCUT2D eigenvalue weighted by Gasteiger charge is 2.35. The summed E-state index contributed by atoms with van der Waals surface area (Å²) >= 11 is 12.2. The number of rotatable bonds is 3. The molecule has 0 bridgehead atoms. The molecule has 1 saturated heterocycles. The van der Waals surface area contributed by atoms with Gasteiger partial charge in [-0.3, -0.25) is 0 Å². The maximum Gasteiger partial charge on any atom is 0.243 e. The van der Waals surface area contributed by atoms with Crippen molar-refractivity contribution in [3.8, 4) is 0 Å². The number of hydrogen-bond acceptors (Lipinski definition) is 6. The van der Waals surface area contributed by atoms with Crippen LogP contribution in [0.15, 0.2) is 47.4 Å². The Labute approximate surface area is 195 Å². The SMILES string of the molecule is Cc1nnc2c3ccc(Cl)cc3nc(N3CCN(S(=O)(=O)c4cccc(Cl)c4)[C@H](C)C3)n12. The van der Waals surface area contributed by atoms with E-state index in [4.69, 9.17) is 28.2 Å². The Morgan fingerprint density at radius 3 is 2.56 bits per heavy atom. The van der Waals surface area contributed by atoms with Gasteiger partial charge in [0.25, 0.3) is 0 Å². The van der Waals surface area contributed by atoms with Crippen LogP contribution >= 0.6 is 23.2 Å². The quantitative estimate of drug-likeness (QED) is 0.434. The van der Waals surface area contributed by atoms with Gasteiger partial charge in [0.2, 0.25) is 16.0 Å². The average Bonchev–Trinajstić information content (AvgIpc) is 3.14. The second kappa shape index (κ2) is 7.84. The summed E-state index contributed by atoms with van der Waals surface area (Å²) in [5.41, 5.74) is 1.41. The van der Waals surface area contributed by atoms with E-state index in [0.717, 1.165) is 5.39 Å². The first-order valence-electron chi connectivity index (χ1n) is 10.1. The smallest absolute Gasteiger partial charge is 0.243 e. The van der Waals surface area contributed by atoms with E-state index in [9.17, 15) is 8.42 Å². The van der Waals surface area contributed by atoms with Gasteiger partial charge >= 0.3 is 0 Å². The summed E-state index contributed by atoms with van der Waals surface area (Å²) in [7, 11) is -3.67. The number of sulfonamides is 1. The molecule has 2 aromatic carbocycles. The van der Waals surface area contributed by atoms with Crippen molar-refractivity contribution in [2.75, 3.05) is 24.5 Å². The van der Waals surface area contributed by atoms with E-state index in [1.807, 2.05) is 24.3 Å². The fourth-order valence-corrected chi connectivity index (χ4v) is 6.26. The van der Waals surface area contributed by atoms with Crippen LogP contribution in [0.25, 0.3) is 16.6 Å². The van der Waals surface area contributed by atoms with Crippen LogP contribution in [0.1, 0.15) is 12.7 Å². The number of piperazine rings is 1. The van der Waals surface area contributed by atoms with E-state index in [0.29, 0.717) is 52.6 Å². The maximum absolute atomic E-state index is 13.2. The lowest BCUT2D eigenvalue weighted by Gasteiger charge is -2.39. The first-order valence-corrected chi connectivity index (χ1v) is 12.3. The predicted molar refractivity (Wildman–Crippen MR) is 125 cm³/mol. The zero-order chi connectivity index (χ0) is 22.6. The van der Waals surface area contributed by atoms with Gasteiger partial charge in [-0.2, -0.15) is 4.31 Å². The van der Waals surface area contributed by atoms with Crippen molar-refractivity contribution in [1.82, 2.24) is 23.9 Å². The first-order chi connectivity index (χ1) is 15.3. The van der Waals surface area contributed by atoms with Gasteiger partial charge in [0.05, 0.1) is 10.4 Å². The molecule has 32 heavy (non-hydrogen) atoms. The van der Waals surface area contributed by atoms with Gasteiger partial charge in [-0.05, 0) is 50.2 Å². The van der Waals surface area contributed by atoms with Gasteiger partial charge in [-0.25, -0.2) is 17.8 Å². The van der Waals surface area contributed by atoms with E-state index in [2.05, 4.69) is 15.1 Å². The number of aromatic nitrogens is 4. The fraction of sp³-hybridized carbons (Fsp3) is 0.286.